The van der Waals surface area contributed by atoms with E-state index < -0.39 is 6.10 Å². The first-order valence-corrected chi connectivity index (χ1v) is 7.46. The summed E-state index contributed by atoms with van der Waals surface area (Å²) in [5.41, 5.74) is 5.24. The highest BCUT2D eigenvalue weighted by Gasteiger charge is 2.48. The predicted octanol–water partition coefficient (Wildman–Crippen LogP) is 2.62. The molecule has 0 radical (unpaired) electrons. The lowest BCUT2D eigenvalue weighted by Gasteiger charge is -2.37. The van der Waals surface area contributed by atoms with E-state index in [0.717, 1.165) is 34.9 Å². The van der Waals surface area contributed by atoms with Crippen molar-refractivity contribution in [3.8, 4) is 0 Å². The number of fused-ring (bicyclic) bond motifs is 5. The number of Topliss-reactive ketones (excluding diaryl/α,β-unsaturated/α-hetero) is 1. The first kappa shape index (κ1) is 12.8. The van der Waals surface area contributed by atoms with Crippen molar-refractivity contribution in [1.82, 2.24) is 10.2 Å². The third kappa shape index (κ3) is 1.48. The fourth-order valence-electron chi connectivity index (χ4n) is 4.27. The van der Waals surface area contributed by atoms with Gasteiger partial charge in [0, 0.05) is 10.8 Å². The van der Waals surface area contributed by atoms with Gasteiger partial charge in [-0.15, -0.1) is 0 Å². The minimum absolute atomic E-state index is 0.106. The number of aliphatic hydroxyl groups excluding tert-OH is 1. The maximum atomic E-state index is 12.2. The Labute approximate surface area is 122 Å². The molecule has 0 saturated carbocycles. The van der Waals surface area contributed by atoms with E-state index in [1.165, 1.54) is 11.1 Å². The molecule has 0 amide bonds. The van der Waals surface area contributed by atoms with Gasteiger partial charge in [0.2, 0.25) is 0 Å². The number of carbonyl (C=O) groups excluding carboxylic acids is 1. The van der Waals surface area contributed by atoms with Gasteiger partial charge in [-0.2, -0.15) is 5.10 Å². The van der Waals surface area contributed by atoms with Crippen LogP contribution in [-0.2, 0) is 11.2 Å². The van der Waals surface area contributed by atoms with Crippen LogP contribution in [0.5, 0.6) is 0 Å². The molecule has 4 nitrogen and oxygen atoms in total. The Kier molecular flexibility index (Phi) is 2.46. The van der Waals surface area contributed by atoms with Gasteiger partial charge in [-0.3, -0.25) is 9.89 Å². The minimum Gasteiger partial charge on any atom is -0.385 e. The molecular weight excluding hydrogens is 264 g/mol. The summed E-state index contributed by atoms with van der Waals surface area (Å²) in [7, 11) is 0. The number of aromatic amines is 1. The van der Waals surface area contributed by atoms with E-state index in [0.29, 0.717) is 6.42 Å². The summed E-state index contributed by atoms with van der Waals surface area (Å²) in [6.07, 6.45) is 3.35. The van der Waals surface area contributed by atoms with Gasteiger partial charge in [-0.25, -0.2) is 0 Å². The van der Waals surface area contributed by atoms with Crippen LogP contribution in [0.4, 0.5) is 0 Å². The van der Waals surface area contributed by atoms with Gasteiger partial charge in [0.15, 0.2) is 5.78 Å². The molecular formula is C17H18N2O2. The van der Waals surface area contributed by atoms with E-state index in [9.17, 15) is 9.90 Å². The number of allylic oxidation sites excluding steroid dienone is 1. The highest BCUT2D eigenvalue weighted by molar-refractivity contribution is 6.09. The standard InChI is InChI=1S/C17H18N2O2/c1-3-17-6-11-10(4-5-13-12(11)8-18-19-13)15(17)9(2)16(21)14(20)7-17/h4-5,8,14,20H,3,6-7H2,1-2H3,(H,18,19)/t14-,17+/m0/s1. The second-order valence-electron chi connectivity index (χ2n) is 6.32. The molecule has 0 saturated heterocycles. The topological polar surface area (TPSA) is 66.0 Å². The number of nitrogens with one attached hydrogen (secondary N) is 1. The first-order valence-electron chi connectivity index (χ1n) is 7.46. The maximum absolute atomic E-state index is 12.2. The lowest BCUT2D eigenvalue weighted by atomic mass is 9.67. The van der Waals surface area contributed by atoms with Crippen molar-refractivity contribution in [2.75, 3.05) is 0 Å². The van der Waals surface area contributed by atoms with Gasteiger partial charge < -0.3 is 5.11 Å². The summed E-state index contributed by atoms with van der Waals surface area (Å²) in [5.74, 6) is -0.116. The van der Waals surface area contributed by atoms with Crippen LogP contribution in [-0.4, -0.2) is 27.2 Å². The van der Waals surface area contributed by atoms with E-state index in [1.807, 2.05) is 19.2 Å². The smallest absolute Gasteiger partial charge is 0.187 e. The zero-order chi connectivity index (χ0) is 14.8. The van der Waals surface area contributed by atoms with E-state index in [-0.39, 0.29) is 11.2 Å². The van der Waals surface area contributed by atoms with Gasteiger partial charge in [0.05, 0.1) is 11.7 Å². The van der Waals surface area contributed by atoms with Gasteiger partial charge in [0.25, 0.3) is 0 Å². The second-order valence-corrected chi connectivity index (χ2v) is 6.32. The number of carbonyl (C=O) groups is 1. The third-order valence-electron chi connectivity index (χ3n) is 5.36. The summed E-state index contributed by atoms with van der Waals surface area (Å²) < 4.78 is 0. The van der Waals surface area contributed by atoms with Crippen molar-refractivity contribution in [1.29, 1.82) is 0 Å². The summed E-state index contributed by atoms with van der Waals surface area (Å²) in [6.45, 7) is 4.01. The first-order chi connectivity index (χ1) is 10.1. The Morgan fingerprint density at radius 3 is 3.05 bits per heavy atom. The zero-order valence-corrected chi connectivity index (χ0v) is 12.2. The molecule has 4 rings (SSSR count). The Morgan fingerprint density at radius 2 is 2.29 bits per heavy atom. The quantitative estimate of drug-likeness (QED) is 0.845. The number of aromatic nitrogens is 2. The number of benzene rings is 1. The van der Waals surface area contributed by atoms with E-state index >= 15 is 0 Å². The molecule has 0 unspecified atom stereocenters. The van der Waals surface area contributed by atoms with E-state index in [1.54, 1.807) is 0 Å². The van der Waals surface area contributed by atoms with Crippen LogP contribution in [0.1, 0.15) is 37.8 Å². The largest absolute Gasteiger partial charge is 0.385 e. The third-order valence-corrected chi connectivity index (χ3v) is 5.36. The molecule has 1 aromatic carbocycles. The molecule has 0 bridgehead atoms. The van der Waals surface area contributed by atoms with Crippen LogP contribution < -0.4 is 0 Å². The molecule has 108 valence electrons. The maximum Gasteiger partial charge on any atom is 0.187 e. The second kappa shape index (κ2) is 4.04. The van der Waals surface area contributed by atoms with Crippen molar-refractivity contribution in [3.63, 3.8) is 0 Å². The number of ketones is 1. The number of H-pyrrole nitrogens is 1. The van der Waals surface area contributed by atoms with Crippen LogP contribution in [0.3, 0.4) is 0 Å². The molecule has 2 aliphatic carbocycles. The number of hydrogen-bond donors (Lipinski definition) is 2. The molecule has 2 aromatic rings. The number of rotatable bonds is 1. The van der Waals surface area contributed by atoms with Crippen molar-refractivity contribution < 1.29 is 9.90 Å². The van der Waals surface area contributed by atoms with Crippen LogP contribution in [0, 0.1) is 5.41 Å². The minimum atomic E-state index is -0.858. The molecule has 0 aliphatic heterocycles. The molecule has 1 heterocycles. The Morgan fingerprint density at radius 1 is 1.48 bits per heavy atom. The van der Waals surface area contributed by atoms with Crippen LogP contribution in [0.25, 0.3) is 16.5 Å². The molecule has 4 heteroatoms. The molecule has 2 atom stereocenters. The normalized spacial score (nSPS) is 28.1. The average Bonchev–Trinajstić information content (AvgIpc) is 3.06. The Hall–Kier alpha value is -1.94. The fraction of sp³-hybridized carbons (Fsp3) is 0.412. The zero-order valence-electron chi connectivity index (χ0n) is 12.2. The molecule has 2 N–H and O–H groups in total. The number of hydrogen-bond acceptors (Lipinski definition) is 3. The highest BCUT2D eigenvalue weighted by atomic mass is 16.3. The predicted molar refractivity (Wildman–Crippen MR) is 80.7 cm³/mol. The van der Waals surface area contributed by atoms with Gasteiger partial charge in [0.1, 0.15) is 6.10 Å². The van der Waals surface area contributed by atoms with Crippen molar-refractivity contribution >= 4 is 22.3 Å². The van der Waals surface area contributed by atoms with Gasteiger partial charge >= 0.3 is 0 Å². The van der Waals surface area contributed by atoms with Crippen LogP contribution in [0.2, 0.25) is 0 Å². The molecule has 21 heavy (non-hydrogen) atoms. The Balaban J connectivity index is 2.05. The molecule has 2 aliphatic rings. The molecule has 0 fully saturated rings. The molecule has 1 aromatic heterocycles. The lowest BCUT2D eigenvalue weighted by Crippen LogP contribution is -2.37. The lowest BCUT2D eigenvalue weighted by molar-refractivity contribution is -0.125. The summed E-state index contributed by atoms with van der Waals surface area (Å²) in [6, 6.07) is 4.12. The number of aliphatic hydroxyl groups is 1. The van der Waals surface area contributed by atoms with E-state index in [4.69, 9.17) is 0 Å². The van der Waals surface area contributed by atoms with Crippen molar-refractivity contribution in [3.05, 3.63) is 35.0 Å². The summed E-state index contributed by atoms with van der Waals surface area (Å²) in [5, 5.41) is 18.4. The average molecular weight is 282 g/mol. The van der Waals surface area contributed by atoms with Crippen molar-refractivity contribution in [2.24, 2.45) is 5.41 Å². The fourth-order valence-corrected chi connectivity index (χ4v) is 4.27. The highest BCUT2D eigenvalue weighted by Crippen LogP contribution is 2.56. The van der Waals surface area contributed by atoms with E-state index in [2.05, 4.69) is 23.2 Å². The van der Waals surface area contributed by atoms with Crippen molar-refractivity contribution in [2.45, 2.75) is 39.2 Å². The summed E-state index contributed by atoms with van der Waals surface area (Å²) >= 11 is 0. The van der Waals surface area contributed by atoms with Crippen LogP contribution >= 0.6 is 0 Å². The molecule has 0 spiro atoms. The monoisotopic (exact) mass is 282 g/mol. The SMILES string of the molecule is CC[C@]12Cc3c(ccc4[nH]ncc34)C1=C(C)C(=O)[C@@H](O)C2. The van der Waals surface area contributed by atoms with Crippen LogP contribution in [0.15, 0.2) is 23.9 Å². The van der Waals surface area contributed by atoms with Gasteiger partial charge in [-0.1, -0.05) is 13.0 Å². The number of nitrogens with zero attached hydrogens (tertiary/aromatic N) is 1. The van der Waals surface area contributed by atoms with Gasteiger partial charge in [-0.05, 0) is 54.5 Å². The summed E-state index contributed by atoms with van der Waals surface area (Å²) in [4.78, 5) is 12.2. The Bertz CT molecular complexity index is 802.